The van der Waals surface area contributed by atoms with Crippen molar-refractivity contribution < 1.29 is 50.6 Å². The van der Waals surface area contributed by atoms with Crippen molar-refractivity contribution in [2.24, 2.45) is 0 Å². The molecule has 0 aliphatic carbocycles. The molecule has 0 aliphatic rings. The number of hydrogen-bond donors (Lipinski definition) is 0. The van der Waals surface area contributed by atoms with Gasteiger partial charge in [-0.05, 0) is 0 Å². The van der Waals surface area contributed by atoms with E-state index >= 15 is 0 Å². The zero-order chi connectivity index (χ0) is 9.00. The summed E-state index contributed by atoms with van der Waals surface area (Å²) in [5, 5.41) is 0. The summed E-state index contributed by atoms with van der Waals surface area (Å²) in [6.07, 6.45) is 0. The van der Waals surface area contributed by atoms with Gasteiger partial charge in [0.25, 0.3) is 0 Å². The van der Waals surface area contributed by atoms with Gasteiger partial charge in [-0.2, -0.15) is 0 Å². The molecule has 0 rings (SSSR count). The van der Waals surface area contributed by atoms with Crippen molar-refractivity contribution in [1.29, 1.82) is 0 Å². The molecule has 11 heavy (non-hydrogen) atoms. The minimum atomic E-state index is -5.88. The first-order valence-corrected chi connectivity index (χ1v) is 7.59. The summed E-state index contributed by atoms with van der Waals surface area (Å²) in [6.45, 7) is 0. The molecule has 0 fully saturated rings. The van der Waals surface area contributed by atoms with Gasteiger partial charge in [0.15, 0.2) is 0 Å². The van der Waals surface area contributed by atoms with Gasteiger partial charge >= 0.3 is 79.6 Å². The second kappa shape index (κ2) is 6.56. The summed E-state index contributed by atoms with van der Waals surface area (Å²) < 4.78 is 68.9. The molecule has 0 spiro atoms. The molecule has 0 aliphatic heterocycles. The van der Waals surface area contributed by atoms with Gasteiger partial charge in [-0.25, -0.2) is 0 Å². The van der Waals surface area contributed by atoms with Crippen LogP contribution in [0.25, 0.3) is 0 Å². The third-order valence-corrected chi connectivity index (χ3v) is 0. The molecule has 1 radical (unpaired) electrons. The van der Waals surface area contributed by atoms with Gasteiger partial charge in [0.05, 0.1) is 0 Å². The summed E-state index contributed by atoms with van der Waals surface area (Å²) in [5.74, 6) is 0. The Hall–Kier alpha value is 1.06. The second-order valence-corrected chi connectivity index (χ2v) is 4.65. The molecule has 0 saturated carbocycles. The van der Waals surface area contributed by atoms with Gasteiger partial charge in [0.2, 0.25) is 0 Å². The van der Waals surface area contributed by atoms with E-state index in [4.69, 9.17) is 32.1 Å². The predicted molar refractivity (Wildman–Crippen MR) is 12.9 cm³/mol. The van der Waals surface area contributed by atoms with Crippen molar-refractivity contribution >= 4 is 29.0 Å². The fraction of sp³-hybridized carbons (Fsp3) is 0. The fourth-order valence-electron chi connectivity index (χ4n) is 0. The summed E-state index contributed by atoms with van der Waals surface area (Å²) >= 11 is -11.8. The number of rotatable bonds is 0. The van der Waals surface area contributed by atoms with Crippen LogP contribution in [-0.2, 0) is 26.0 Å². The largest absolute Gasteiger partial charge is 4.00 e. The van der Waals surface area contributed by atoms with E-state index in [1.165, 1.54) is 0 Å². The van der Waals surface area contributed by atoms with Crippen LogP contribution >= 0.6 is 0 Å². The molecule has 0 aromatic carbocycles. The topological polar surface area (TPSA) is 172 Å². The van der Waals surface area contributed by atoms with E-state index in [0.29, 0.717) is 0 Å². The first kappa shape index (κ1) is 18.0. The molecule has 0 N–H and O–H groups in total. The van der Waals surface area contributed by atoms with E-state index < -0.39 is 29.0 Å². The molecule has 0 aromatic heterocycles. The Morgan fingerprint density at radius 3 is 0.636 bits per heavy atom. The molecule has 0 bridgehead atoms. The molecule has 0 unspecified atom stereocenters. The third-order valence-electron chi connectivity index (χ3n) is 0. The average Bonchev–Trinajstić information content (AvgIpc) is 1.12. The van der Waals surface area contributed by atoms with Crippen LogP contribution in [0.5, 0.6) is 0 Å². The van der Waals surface area contributed by atoms with Crippen LogP contribution in [0, 0.1) is 0 Å². The van der Waals surface area contributed by atoms with Gasteiger partial charge in [0, 0.05) is 0 Å². The minimum Gasteiger partial charge on any atom is 4.00 e. The molecule has 0 amide bonds. The standard InChI is InChI=1S/2AsH3O4.V/c2*2-1(3,4)5;/h2*(H3,2,3,4,5);/q;;+4/p-6. The minimum absolute atomic E-state index is 0. The van der Waals surface area contributed by atoms with Gasteiger partial charge < -0.3 is 0 Å². The Kier molecular flexibility index (Phi) is 10.7. The summed E-state index contributed by atoms with van der Waals surface area (Å²) in [4.78, 5) is 0. The molecule has 0 aromatic rings. The predicted octanol–water partition coefficient (Wildman–Crippen LogP) is -8.14. The Bertz CT molecular complexity index is 124. The van der Waals surface area contributed by atoms with Crippen LogP contribution in [0.2, 0.25) is 0 Å². The van der Waals surface area contributed by atoms with Gasteiger partial charge in [0.1, 0.15) is 0 Å². The SMILES string of the molecule is O=[As]([O-])([O-])[O-].O=[As]([O-])([O-])[O-].[V+4]. The number of hydrogen-bond acceptors (Lipinski definition) is 8. The first-order chi connectivity index (χ1) is 4.00. The molecule has 11 heteroatoms. The van der Waals surface area contributed by atoms with Crippen molar-refractivity contribution in [3.05, 3.63) is 0 Å². The fourth-order valence-corrected chi connectivity index (χ4v) is 0. The molecule has 0 heterocycles. The average molecular weight is 329 g/mol. The van der Waals surface area contributed by atoms with E-state index in [0.717, 1.165) is 0 Å². The quantitative estimate of drug-likeness (QED) is 0.394. The van der Waals surface area contributed by atoms with Crippen molar-refractivity contribution in [2.75, 3.05) is 0 Å². The third kappa shape index (κ3) is 806. The molecule has 8 nitrogen and oxygen atoms in total. The second-order valence-electron chi connectivity index (χ2n) is 0.894. The first-order valence-electron chi connectivity index (χ1n) is 1.46. The molecular formula is As2O8V-2. The van der Waals surface area contributed by atoms with E-state index in [9.17, 15) is 0 Å². The molecule has 0 atom stereocenters. The van der Waals surface area contributed by atoms with E-state index in [1.54, 1.807) is 0 Å². The van der Waals surface area contributed by atoms with Crippen molar-refractivity contribution in [3.8, 4) is 0 Å². The summed E-state index contributed by atoms with van der Waals surface area (Å²) in [6, 6.07) is 0. The maximum absolute atomic E-state index is 8.61. The van der Waals surface area contributed by atoms with Crippen LogP contribution in [0.15, 0.2) is 0 Å². The Morgan fingerprint density at radius 2 is 0.636 bits per heavy atom. The van der Waals surface area contributed by atoms with Crippen molar-refractivity contribution in [3.63, 3.8) is 0 Å². The monoisotopic (exact) mass is 329 g/mol. The zero-order valence-corrected chi connectivity index (χ0v) is 9.76. The Balaban J connectivity index is -0.000000107. The smallest absolute Gasteiger partial charge is 4.00 e. The molecule has 0 saturated heterocycles. The van der Waals surface area contributed by atoms with E-state index in [-0.39, 0.29) is 18.6 Å². The van der Waals surface area contributed by atoms with E-state index in [2.05, 4.69) is 0 Å². The van der Waals surface area contributed by atoms with Crippen LogP contribution in [0.4, 0.5) is 0 Å². The van der Waals surface area contributed by atoms with Gasteiger partial charge in [-0.1, -0.05) is 0 Å². The van der Waals surface area contributed by atoms with Crippen LogP contribution < -0.4 is 24.6 Å². The van der Waals surface area contributed by atoms with Crippen LogP contribution in [-0.4, -0.2) is 29.0 Å². The van der Waals surface area contributed by atoms with E-state index in [1.807, 2.05) is 0 Å². The maximum atomic E-state index is 8.61. The van der Waals surface area contributed by atoms with Crippen molar-refractivity contribution in [1.82, 2.24) is 0 Å². The summed E-state index contributed by atoms with van der Waals surface area (Å²) in [7, 11) is 0. The molecule has 65 valence electrons. The van der Waals surface area contributed by atoms with Gasteiger partial charge in [-0.15, -0.1) is 0 Å². The van der Waals surface area contributed by atoms with Crippen LogP contribution in [0.1, 0.15) is 0 Å². The Labute approximate surface area is 79.5 Å². The van der Waals surface area contributed by atoms with Crippen molar-refractivity contribution in [2.45, 2.75) is 0 Å². The Morgan fingerprint density at radius 1 is 0.636 bits per heavy atom. The zero-order valence-electron chi connectivity index (χ0n) is 4.61. The van der Waals surface area contributed by atoms with Crippen LogP contribution in [0.3, 0.4) is 0 Å². The normalized spacial score (nSPS) is 10.7. The van der Waals surface area contributed by atoms with Gasteiger partial charge in [-0.3, -0.25) is 0 Å². The maximum Gasteiger partial charge on any atom is 4.00 e. The molecular weight excluding hydrogens is 329 g/mol. The summed E-state index contributed by atoms with van der Waals surface area (Å²) in [5.41, 5.74) is 0.